The van der Waals surface area contributed by atoms with E-state index in [2.05, 4.69) is 131 Å². The molecule has 0 spiro atoms. The SMILES string of the molecule is CC1(C)OB(c2ccccc2-c2ccccc2-c2ccccc2-c2ccccc2)OC1(C)C. The Morgan fingerprint density at radius 2 is 0.848 bits per heavy atom. The first-order valence-corrected chi connectivity index (χ1v) is 11.6. The zero-order chi connectivity index (χ0) is 23.1. The Balaban J connectivity index is 1.66. The minimum Gasteiger partial charge on any atom is -0.399 e. The molecule has 0 aromatic heterocycles. The number of hydrogen-bond acceptors (Lipinski definition) is 2. The van der Waals surface area contributed by atoms with Gasteiger partial charge in [0.1, 0.15) is 0 Å². The number of hydrogen-bond donors (Lipinski definition) is 0. The highest BCUT2D eigenvalue weighted by molar-refractivity contribution is 6.64. The van der Waals surface area contributed by atoms with Gasteiger partial charge in [-0.1, -0.05) is 103 Å². The van der Waals surface area contributed by atoms with Crippen molar-refractivity contribution >= 4 is 12.6 Å². The highest BCUT2D eigenvalue weighted by Crippen LogP contribution is 2.40. The van der Waals surface area contributed by atoms with E-state index in [4.69, 9.17) is 9.31 Å². The van der Waals surface area contributed by atoms with Crippen LogP contribution in [0.15, 0.2) is 103 Å². The minimum atomic E-state index is -0.413. The van der Waals surface area contributed by atoms with Gasteiger partial charge in [-0.25, -0.2) is 0 Å². The molecular formula is C30H29BO2. The monoisotopic (exact) mass is 432 g/mol. The van der Waals surface area contributed by atoms with Gasteiger partial charge in [-0.2, -0.15) is 0 Å². The molecule has 0 radical (unpaired) electrons. The first-order valence-electron chi connectivity index (χ1n) is 11.6. The smallest absolute Gasteiger partial charge is 0.399 e. The number of rotatable bonds is 4. The van der Waals surface area contributed by atoms with Crippen LogP contribution in [-0.4, -0.2) is 18.3 Å². The molecule has 5 rings (SSSR count). The van der Waals surface area contributed by atoms with Gasteiger partial charge in [-0.05, 0) is 66.5 Å². The molecule has 0 amide bonds. The van der Waals surface area contributed by atoms with Crippen LogP contribution in [0.2, 0.25) is 0 Å². The lowest BCUT2D eigenvalue weighted by molar-refractivity contribution is 0.00578. The van der Waals surface area contributed by atoms with E-state index in [0.717, 1.165) is 11.0 Å². The Morgan fingerprint density at radius 3 is 1.42 bits per heavy atom. The Labute approximate surface area is 197 Å². The molecular weight excluding hydrogens is 403 g/mol. The van der Waals surface area contributed by atoms with E-state index in [0.29, 0.717) is 0 Å². The molecule has 0 N–H and O–H groups in total. The highest BCUT2D eigenvalue weighted by atomic mass is 16.7. The first kappa shape index (κ1) is 21.7. The van der Waals surface area contributed by atoms with E-state index < -0.39 is 7.12 Å². The van der Waals surface area contributed by atoms with Crippen LogP contribution in [0.3, 0.4) is 0 Å². The van der Waals surface area contributed by atoms with Crippen LogP contribution in [-0.2, 0) is 9.31 Å². The third-order valence-electron chi connectivity index (χ3n) is 6.99. The van der Waals surface area contributed by atoms with Gasteiger partial charge in [0, 0.05) is 0 Å². The van der Waals surface area contributed by atoms with Crippen molar-refractivity contribution in [1.29, 1.82) is 0 Å². The largest absolute Gasteiger partial charge is 0.495 e. The Hall–Kier alpha value is -3.14. The van der Waals surface area contributed by atoms with Gasteiger partial charge in [0.05, 0.1) is 11.2 Å². The van der Waals surface area contributed by atoms with Crippen LogP contribution >= 0.6 is 0 Å². The zero-order valence-corrected chi connectivity index (χ0v) is 19.7. The van der Waals surface area contributed by atoms with E-state index >= 15 is 0 Å². The summed E-state index contributed by atoms with van der Waals surface area (Å²) in [6, 6.07) is 36.2. The van der Waals surface area contributed by atoms with Gasteiger partial charge in [0.25, 0.3) is 0 Å². The standard InChI is InChI=1S/C30H29BO2/c1-29(2)30(3,4)33-31(32-29)28-21-13-12-20-27(28)26-19-11-10-18-25(26)24-17-9-8-16-23(24)22-14-6-5-7-15-22/h5-21H,1-4H3. The minimum absolute atomic E-state index is 0.385. The maximum Gasteiger partial charge on any atom is 0.495 e. The first-order chi connectivity index (χ1) is 15.9. The van der Waals surface area contributed by atoms with Crippen molar-refractivity contribution in [2.45, 2.75) is 38.9 Å². The molecule has 164 valence electrons. The van der Waals surface area contributed by atoms with Crippen molar-refractivity contribution in [1.82, 2.24) is 0 Å². The predicted molar refractivity (Wildman–Crippen MR) is 138 cm³/mol. The third-order valence-corrected chi connectivity index (χ3v) is 6.99. The summed E-state index contributed by atoms with van der Waals surface area (Å²) in [4.78, 5) is 0. The molecule has 1 saturated heterocycles. The molecule has 4 aromatic carbocycles. The van der Waals surface area contributed by atoms with Crippen LogP contribution in [0.5, 0.6) is 0 Å². The summed E-state index contributed by atoms with van der Waals surface area (Å²) in [6.45, 7) is 8.39. The molecule has 0 saturated carbocycles. The van der Waals surface area contributed by atoms with E-state index in [9.17, 15) is 0 Å². The molecule has 1 fully saturated rings. The molecule has 1 aliphatic rings. The van der Waals surface area contributed by atoms with Crippen LogP contribution in [0.1, 0.15) is 27.7 Å². The molecule has 1 heterocycles. The molecule has 4 aromatic rings. The van der Waals surface area contributed by atoms with E-state index in [1.165, 1.54) is 27.8 Å². The van der Waals surface area contributed by atoms with Crippen molar-refractivity contribution in [3.63, 3.8) is 0 Å². The summed E-state index contributed by atoms with van der Waals surface area (Å²) in [5.41, 5.74) is 7.43. The normalized spacial score (nSPS) is 16.7. The summed E-state index contributed by atoms with van der Waals surface area (Å²) in [7, 11) is -0.413. The van der Waals surface area contributed by atoms with Crippen molar-refractivity contribution in [2.24, 2.45) is 0 Å². The fourth-order valence-electron chi connectivity index (χ4n) is 4.46. The molecule has 0 bridgehead atoms. The predicted octanol–water partition coefficient (Wildman–Crippen LogP) is 6.99. The maximum absolute atomic E-state index is 6.43. The van der Waals surface area contributed by atoms with Crippen LogP contribution < -0.4 is 5.46 Å². The molecule has 3 heteroatoms. The summed E-state index contributed by atoms with van der Waals surface area (Å²) in [5, 5.41) is 0. The van der Waals surface area contributed by atoms with Gasteiger partial charge in [0.2, 0.25) is 0 Å². The van der Waals surface area contributed by atoms with Gasteiger partial charge in [0.15, 0.2) is 0 Å². The zero-order valence-electron chi connectivity index (χ0n) is 19.7. The van der Waals surface area contributed by atoms with Crippen LogP contribution in [0.4, 0.5) is 0 Å². The molecule has 0 aliphatic carbocycles. The summed E-state index contributed by atoms with van der Waals surface area (Å²) in [5.74, 6) is 0. The molecule has 0 unspecified atom stereocenters. The average Bonchev–Trinajstić information content (AvgIpc) is 3.06. The fraction of sp³-hybridized carbons (Fsp3) is 0.200. The van der Waals surface area contributed by atoms with Crippen molar-refractivity contribution in [3.05, 3.63) is 103 Å². The van der Waals surface area contributed by atoms with Crippen molar-refractivity contribution < 1.29 is 9.31 Å². The maximum atomic E-state index is 6.43. The van der Waals surface area contributed by atoms with E-state index in [1.807, 2.05) is 0 Å². The summed E-state index contributed by atoms with van der Waals surface area (Å²) in [6.07, 6.45) is 0. The molecule has 33 heavy (non-hydrogen) atoms. The highest BCUT2D eigenvalue weighted by Gasteiger charge is 2.52. The summed E-state index contributed by atoms with van der Waals surface area (Å²) < 4.78 is 12.9. The Bertz CT molecular complexity index is 1260. The van der Waals surface area contributed by atoms with E-state index in [-0.39, 0.29) is 11.2 Å². The second kappa shape index (κ2) is 8.33. The van der Waals surface area contributed by atoms with Gasteiger partial charge in [-0.15, -0.1) is 0 Å². The third kappa shape index (κ3) is 3.92. The lowest BCUT2D eigenvalue weighted by Crippen LogP contribution is -2.41. The van der Waals surface area contributed by atoms with Gasteiger partial charge in [-0.3, -0.25) is 0 Å². The molecule has 2 nitrogen and oxygen atoms in total. The summed E-state index contributed by atoms with van der Waals surface area (Å²) >= 11 is 0. The molecule has 0 atom stereocenters. The Kier molecular flexibility index (Phi) is 5.48. The van der Waals surface area contributed by atoms with Gasteiger partial charge < -0.3 is 9.31 Å². The second-order valence-corrected chi connectivity index (χ2v) is 9.63. The van der Waals surface area contributed by atoms with Crippen LogP contribution in [0.25, 0.3) is 33.4 Å². The number of benzene rings is 4. The Morgan fingerprint density at radius 1 is 0.455 bits per heavy atom. The van der Waals surface area contributed by atoms with Crippen molar-refractivity contribution in [3.8, 4) is 33.4 Å². The van der Waals surface area contributed by atoms with E-state index in [1.54, 1.807) is 0 Å². The lowest BCUT2D eigenvalue weighted by Gasteiger charge is -2.32. The molecule has 1 aliphatic heterocycles. The topological polar surface area (TPSA) is 18.5 Å². The van der Waals surface area contributed by atoms with Gasteiger partial charge >= 0.3 is 7.12 Å². The average molecular weight is 432 g/mol. The fourth-order valence-corrected chi connectivity index (χ4v) is 4.46. The quantitative estimate of drug-likeness (QED) is 0.324. The van der Waals surface area contributed by atoms with Crippen LogP contribution in [0, 0.1) is 0 Å². The van der Waals surface area contributed by atoms with Crippen molar-refractivity contribution in [2.75, 3.05) is 0 Å². The lowest BCUT2D eigenvalue weighted by atomic mass is 9.73. The second-order valence-electron chi connectivity index (χ2n) is 9.63.